The van der Waals surface area contributed by atoms with E-state index in [9.17, 15) is 9.59 Å². The van der Waals surface area contributed by atoms with Gasteiger partial charge < -0.3 is 19.9 Å². The molecule has 2 unspecified atom stereocenters. The fraction of sp³-hybridized carbons (Fsp3) is 0.357. The van der Waals surface area contributed by atoms with Crippen molar-refractivity contribution < 1.29 is 14.3 Å². The number of thiophene rings is 1. The fourth-order valence-electron chi connectivity index (χ4n) is 4.28. The summed E-state index contributed by atoms with van der Waals surface area (Å²) >= 11 is 1.73. The molecule has 0 fully saturated rings. The Morgan fingerprint density at radius 3 is 2.60 bits per heavy atom. The van der Waals surface area contributed by atoms with Crippen LogP contribution in [0.15, 0.2) is 66.0 Å². The summed E-state index contributed by atoms with van der Waals surface area (Å²) in [6.07, 6.45) is 1.57. The molecule has 0 radical (unpaired) electrons. The highest BCUT2D eigenvalue weighted by molar-refractivity contribution is 7.10. The summed E-state index contributed by atoms with van der Waals surface area (Å²) in [5.41, 5.74) is 2.99. The summed E-state index contributed by atoms with van der Waals surface area (Å²) in [6.45, 7) is 7.02. The number of aryl methyl sites for hydroxylation is 1. The summed E-state index contributed by atoms with van der Waals surface area (Å²) in [6, 6.07) is 18.9. The largest absolute Gasteiger partial charge is 0.491 e. The van der Waals surface area contributed by atoms with Crippen LogP contribution >= 0.6 is 11.3 Å². The fourth-order valence-corrected chi connectivity index (χ4v) is 5.21. The van der Waals surface area contributed by atoms with Crippen molar-refractivity contribution in [2.75, 3.05) is 25.0 Å². The molecule has 0 bridgehead atoms. The molecule has 3 amide bonds. The first-order valence-corrected chi connectivity index (χ1v) is 13.0. The summed E-state index contributed by atoms with van der Waals surface area (Å²) in [4.78, 5) is 31.6. The second-order valence-corrected chi connectivity index (χ2v) is 9.96. The first-order valence-electron chi connectivity index (χ1n) is 12.1. The van der Waals surface area contributed by atoms with Crippen molar-refractivity contribution in [3.05, 3.63) is 82.0 Å². The number of urea groups is 1. The number of fused-ring (bicyclic) bond motifs is 1. The third kappa shape index (κ3) is 6.03. The Labute approximate surface area is 211 Å². The second-order valence-electron chi connectivity index (χ2n) is 8.96. The van der Waals surface area contributed by atoms with Crippen molar-refractivity contribution in [1.29, 1.82) is 0 Å². The lowest BCUT2D eigenvalue weighted by Gasteiger charge is -2.38. The van der Waals surface area contributed by atoms with E-state index >= 15 is 0 Å². The van der Waals surface area contributed by atoms with Crippen molar-refractivity contribution >= 4 is 29.0 Å². The van der Waals surface area contributed by atoms with Crippen LogP contribution in [-0.4, -0.2) is 47.5 Å². The summed E-state index contributed by atoms with van der Waals surface area (Å²) < 4.78 is 6.08. The molecule has 4 rings (SSSR count). The molecule has 35 heavy (non-hydrogen) atoms. The predicted octanol–water partition coefficient (Wildman–Crippen LogP) is 5.89. The van der Waals surface area contributed by atoms with E-state index in [1.54, 1.807) is 16.2 Å². The minimum absolute atomic E-state index is 0.0218. The lowest BCUT2D eigenvalue weighted by molar-refractivity contribution is -0.135. The first-order chi connectivity index (χ1) is 17.0. The maximum Gasteiger partial charge on any atom is 0.322 e. The SMILES string of the molecule is CCC(C)N(CC(=O)N1CCc2sccc2C1COc1ccccc1)C(=O)Nc1ccc(C)cc1. The molecule has 6 nitrogen and oxygen atoms in total. The first kappa shape index (κ1) is 24.8. The van der Waals surface area contributed by atoms with Gasteiger partial charge in [-0.15, -0.1) is 11.3 Å². The summed E-state index contributed by atoms with van der Waals surface area (Å²) in [5, 5.41) is 5.03. The zero-order chi connectivity index (χ0) is 24.8. The molecular formula is C28H33N3O3S. The Kier molecular flexibility index (Phi) is 8.08. The molecule has 7 heteroatoms. The smallest absolute Gasteiger partial charge is 0.322 e. The van der Waals surface area contributed by atoms with Crippen molar-refractivity contribution in [2.24, 2.45) is 0 Å². The molecule has 184 valence electrons. The van der Waals surface area contributed by atoms with Gasteiger partial charge >= 0.3 is 6.03 Å². The van der Waals surface area contributed by atoms with Crippen molar-refractivity contribution in [3.8, 4) is 5.75 Å². The highest BCUT2D eigenvalue weighted by Crippen LogP contribution is 2.34. The Morgan fingerprint density at radius 2 is 1.89 bits per heavy atom. The zero-order valence-electron chi connectivity index (χ0n) is 20.6. The van der Waals surface area contributed by atoms with E-state index < -0.39 is 0 Å². The molecule has 0 aliphatic carbocycles. The molecule has 0 saturated carbocycles. The third-order valence-electron chi connectivity index (χ3n) is 6.56. The quantitative estimate of drug-likeness (QED) is 0.427. The van der Waals surface area contributed by atoms with Crippen LogP contribution in [0.4, 0.5) is 10.5 Å². The van der Waals surface area contributed by atoms with Crippen LogP contribution in [0, 0.1) is 6.92 Å². The van der Waals surface area contributed by atoms with Gasteiger partial charge in [-0.1, -0.05) is 42.8 Å². The second kappa shape index (κ2) is 11.4. The third-order valence-corrected chi connectivity index (χ3v) is 7.55. The van der Waals surface area contributed by atoms with Crippen LogP contribution in [0.1, 0.15) is 42.3 Å². The zero-order valence-corrected chi connectivity index (χ0v) is 21.4. The van der Waals surface area contributed by atoms with Gasteiger partial charge in [-0.05, 0) is 68.0 Å². The Hall–Kier alpha value is -3.32. The van der Waals surface area contributed by atoms with E-state index in [2.05, 4.69) is 16.8 Å². The number of para-hydroxylation sites is 1. The number of benzene rings is 2. The van der Waals surface area contributed by atoms with Crippen molar-refractivity contribution in [3.63, 3.8) is 0 Å². The molecule has 3 aromatic rings. The number of rotatable bonds is 8. The normalized spacial score (nSPS) is 15.7. The maximum atomic E-state index is 13.6. The minimum atomic E-state index is -0.262. The Morgan fingerprint density at radius 1 is 1.14 bits per heavy atom. The number of nitrogens with one attached hydrogen (secondary N) is 1. The topological polar surface area (TPSA) is 61.9 Å². The van der Waals surface area contributed by atoms with Crippen LogP contribution in [0.3, 0.4) is 0 Å². The van der Waals surface area contributed by atoms with Crippen molar-refractivity contribution in [2.45, 2.75) is 45.7 Å². The van der Waals surface area contributed by atoms with Gasteiger partial charge in [0.2, 0.25) is 5.91 Å². The van der Waals surface area contributed by atoms with Crippen LogP contribution in [0.5, 0.6) is 5.75 Å². The van der Waals surface area contributed by atoms with Crippen LogP contribution in [-0.2, 0) is 11.2 Å². The van der Waals surface area contributed by atoms with E-state index in [4.69, 9.17) is 4.74 Å². The summed E-state index contributed by atoms with van der Waals surface area (Å²) in [5.74, 6) is 0.712. The molecule has 1 aliphatic heterocycles. The average Bonchev–Trinajstić information content (AvgIpc) is 3.36. The molecule has 1 N–H and O–H groups in total. The number of carbonyl (C=O) groups is 2. The van der Waals surface area contributed by atoms with E-state index in [1.165, 1.54) is 4.88 Å². The number of amides is 3. The number of carbonyl (C=O) groups excluding carboxylic acids is 2. The van der Waals surface area contributed by atoms with Gasteiger partial charge in [0.25, 0.3) is 0 Å². The van der Waals surface area contributed by atoms with Gasteiger partial charge in [-0.25, -0.2) is 4.79 Å². The number of hydrogen-bond donors (Lipinski definition) is 1. The van der Waals surface area contributed by atoms with E-state index in [0.29, 0.717) is 13.2 Å². The molecule has 2 atom stereocenters. The average molecular weight is 492 g/mol. The molecule has 2 heterocycles. The van der Waals surface area contributed by atoms with Crippen LogP contribution in [0.25, 0.3) is 0 Å². The van der Waals surface area contributed by atoms with E-state index in [-0.39, 0.29) is 30.6 Å². The monoisotopic (exact) mass is 491 g/mol. The lowest BCUT2D eigenvalue weighted by Crippen LogP contribution is -2.50. The Balaban J connectivity index is 1.50. The van der Waals surface area contributed by atoms with Crippen molar-refractivity contribution in [1.82, 2.24) is 9.80 Å². The Bertz CT molecular complexity index is 1130. The number of hydrogen-bond acceptors (Lipinski definition) is 4. The van der Waals surface area contributed by atoms with Gasteiger partial charge in [-0.3, -0.25) is 4.79 Å². The molecular weight excluding hydrogens is 458 g/mol. The van der Waals surface area contributed by atoms with Crippen LogP contribution < -0.4 is 10.1 Å². The van der Waals surface area contributed by atoms with E-state index in [0.717, 1.165) is 35.4 Å². The predicted molar refractivity (Wildman–Crippen MR) is 141 cm³/mol. The van der Waals surface area contributed by atoms with Gasteiger partial charge in [0.1, 0.15) is 18.9 Å². The van der Waals surface area contributed by atoms with Gasteiger partial charge in [0, 0.05) is 23.2 Å². The van der Waals surface area contributed by atoms with Crippen LogP contribution in [0.2, 0.25) is 0 Å². The minimum Gasteiger partial charge on any atom is -0.491 e. The molecule has 1 aliphatic rings. The van der Waals surface area contributed by atoms with Gasteiger partial charge in [0.15, 0.2) is 0 Å². The maximum absolute atomic E-state index is 13.6. The number of anilines is 1. The standard InChI is InChI=1S/C28H33N3O3S/c1-4-21(3)31(28(33)29-22-12-10-20(2)11-13-22)18-27(32)30-16-14-26-24(15-17-35-26)25(30)19-34-23-8-6-5-7-9-23/h5-13,15,17,21,25H,4,14,16,18-19H2,1-3H3,(H,29,33). The van der Waals surface area contributed by atoms with Gasteiger partial charge in [0.05, 0.1) is 6.04 Å². The van der Waals surface area contributed by atoms with E-state index in [1.807, 2.05) is 80.3 Å². The lowest BCUT2D eigenvalue weighted by atomic mass is 10.00. The highest BCUT2D eigenvalue weighted by atomic mass is 32.1. The molecule has 0 saturated heterocycles. The molecule has 2 aromatic carbocycles. The summed E-state index contributed by atoms with van der Waals surface area (Å²) in [7, 11) is 0. The highest BCUT2D eigenvalue weighted by Gasteiger charge is 2.34. The number of nitrogens with zero attached hydrogens (tertiary/aromatic N) is 2. The molecule has 0 spiro atoms. The number of ether oxygens (including phenoxy) is 1. The molecule has 1 aromatic heterocycles. The van der Waals surface area contributed by atoms with Gasteiger partial charge in [-0.2, -0.15) is 0 Å².